The molecule has 0 bridgehead atoms. The van der Waals surface area contributed by atoms with Gasteiger partial charge in [-0.1, -0.05) is 0 Å². The van der Waals surface area contributed by atoms with Gasteiger partial charge in [-0.25, -0.2) is 0 Å². The summed E-state index contributed by atoms with van der Waals surface area (Å²) in [6.07, 6.45) is 0.381. The van der Waals surface area contributed by atoms with E-state index in [0.29, 0.717) is 30.9 Å². The fraction of sp³-hybridized carbons (Fsp3) is 0.471. The second kappa shape index (κ2) is 10.4. The summed E-state index contributed by atoms with van der Waals surface area (Å²) < 4.78 is 5.31. The SMILES string of the molecule is CCOc1ccc(C(=O)CCC(=O)NNC(=O)CCN(C)C)cc1. The summed E-state index contributed by atoms with van der Waals surface area (Å²) in [7, 11) is 3.72. The van der Waals surface area contributed by atoms with Gasteiger partial charge < -0.3 is 9.64 Å². The Morgan fingerprint density at radius 2 is 1.54 bits per heavy atom. The van der Waals surface area contributed by atoms with Crippen LogP contribution in [0.1, 0.15) is 36.5 Å². The zero-order valence-corrected chi connectivity index (χ0v) is 14.4. The van der Waals surface area contributed by atoms with E-state index < -0.39 is 5.91 Å². The maximum absolute atomic E-state index is 12.0. The van der Waals surface area contributed by atoms with Crippen molar-refractivity contribution in [2.24, 2.45) is 0 Å². The van der Waals surface area contributed by atoms with Crippen molar-refractivity contribution in [3.8, 4) is 5.75 Å². The molecule has 0 radical (unpaired) electrons. The first-order valence-electron chi connectivity index (χ1n) is 7.90. The highest BCUT2D eigenvalue weighted by molar-refractivity contribution is 5.98. The molecule has 0 saturated heterocycles. The van der Waals surface area contributed by atoms with Crippen LogP contribution < -0.4 is 15.6 Å². The Bertz CT molecular complexity index is 555. The maximum Gasteiger partial charge on any atom is 0.239 e. The number of carbonyl (C=O) groups excluding carboxylic acids is 3. The smallest absolute Gasteiger partial charge is 0.239 e. The lowest BCUT2D eigenvalue weighted by Crippen LogP contribution is -2.42. The van der Waals surface area contributed by atoms with E-state index >= 15 is 0 Å². The predicted octanol–water partition coefficient (Wildman–Crippen LogP) is 1.15. The Hall–Kier alpha value is -2.41. The Morgan fingerprint density at radius 1 is 0.958 bits per heavy atom. The van der Waals surface area contributed by atoms with E-state index in [1.165, 1.54) is 0 Å². The monoisotopic (exact) mass is 335 g/mol. The van der Waals surface area contributed by atoms with Gasteiger partial charge in [0, 0.05) is 31.4 Å². The molecule has 1 rings (SSSR count). The molecule has 24 heavy (non-hydrogen) atoms. The van der Waals surface area contributed by atoms with Gasteiger partial charge in [0.15, 0.2) is 5.78 Å². The minimum atomic E-state index is -0.396. The summed E-state index contributed by atoms with van der Waals surface area (Å²) in [5.74, 6) is -0.0956. The second-order valence-corrected chi connectivity index (χ2v) is 5.53. The molecule has 0 unspecified atom stereocenters. The Morgan fingerprint density at radius 3 is 2.08 bits per heavy atom. The highest BCUT2D eigenvalue weighted by Crippen LogP contribution is 2.13. The highest BCUT2D eigenvalue weighted by Gasteiger charge is 2.10. The van der Waals surface area contributed by atoms with Crippen molar-refractivity contribution >= 4 is 17.6 Å². The molecule has 7 heteroatoms. The second-order valence-electron chi connectivity index (χ2n) is 5.53. The third-order valence-electron chi connectivity index (χ3n) is 3.19. The number of rotatable bonds is 9. The van der Waals surface area contributed by atoms with Gasteiger partial charge in [0.2, 0.25) is 11.8 Å². The molecule has 0 aliphatic heterocycles. The van der Waals surface area contributed by atoms with Crippen molar-refractivity contribution in [2.45, 2.75) is 26.2 Å². The summed E-state index contributed by atoms with van der Waals surface area (Å²) in [6, 6.07) is 6.80. The molecule has 7 nitrogen and oxygen atoms in total. The van der Waals surface area contributed by atoms with E-state index in [9.17, 15) is 14.4 Å². The summed E-state index contributed by atoms with van der Waals surface area (Å²) in [4.78, 5) is 37.0. The minimum absolute atomic E-state index is 0.0139. The van der Waals surface area contributed by atoms with Crippen LogP contribution in [0.3, 0.4) is 0 Å². The summed E-state index contributed by atoms with van der Waals surface area (Å²) in [6.45, 7) is 3.04. The zero-order valence-electron chi connectivity index (χ0n) is 14.4. The van der Waals surface area contributed by atoms with E-state index in [-0.39, 0.29) is 24.5 Å². The van der Waals surface area contributed by atoms with Crippen LogP contribution in [0, 0.1) is 0 Å². The van der Waals surface area contributed by atoms with Crippen LogP contribution in [-0.4, -0.2) is 49.7 Å². The molecule has 132 valence electrons. The van der Waals surface area contributed by atoms with Crippen LogP contribution in [0.15, 0.2) is 24.3 Å². The Labute approximate surface area is 142 Å². The lowest BCUT2D eigenvalue weighted by molar-refractivity contribution is -0.129. The number of nitrogens with zero attached hydrogens (tertiary/aromatic N) is 1. The zero-order chi connectivity index (χ0) is 17.9. The van der Waals surface area contributed by atoms with Crippen LogP contribution in [-0.2, 0) is 9.59 Å². The number of hydrogen-bond donors (Lipinski definition) is 2. The molecular weight excluding hydrogens is 310 g/mol. The Balaban J connectivity index is 2.30. The van der Waals surface area contributed by atoms with Gasteiger partial charge >= 0.3 is 0 Å². The summed E-state index contributed by atoms with van der Waals surface area (Å²) in [5, 5.41) is 0. The molecule has 0 atom stereocenters. The van der Waals surface area contributed by atoms with Gasteiger partial charge in [-0.2, -0.15) is 0 Å². The molecule has 0 aliphatic carbocycles. The van der Waals surface area contributed by atoms with E-state index in [0.717, 1.165) is 0 Å². The molecule has 2 amide bonds. The molecule has 1 aromatic rings. The van der Waals surface area contributed by atoms with Gasteiger partial charge in [0.05, 0.1) is 6.61 Å². The fourth-order valence-electron chi connectivity index (χ4n) is 1.86. The predicted molar refractivity (Wildman–Crippen MR) is 90.6 cm³/mol. The summed E-state index contributed by atoms with van der Waals surface area (Å²) in [5.41, 5.74) is 5.17. The van der Waals surface area contributed by atoms with Gasteiger partial charge in [-0.3, -0.25) is 25.2 Å². The number of Topliss-reactive ketones (excluding diaryl/α,β-unsaturated/α-hetero) is 1. The number of hydrazine groups is 1. The number of nitrogens with one attached hydrogen (secondary N) is 2. The van der Waals surface area contributed by atoms with Crippen LogP contribution >= 0.6 is 0 Å². The fourth-order valence-corrected chi connectivity index (χ4v) is 1.86. The topological polar surface area (TPSA) is 87.7 Å². The van der Waals surface area contributed by atoms with E-state index in [2.05, 4.69) is 10.9 Å². The quantitative estimate of drug-likeness (QED) is 0.522. The average molecular weight is 335 g/mol. The normalized spacial score (nSPS) is 10.3. The van der Waals surface area contributed by atoms with E-state index in [4.69, 9.17) is 4.74 Å². The molecular formula is C17H25N3O4. The van der Waals surface area contributed by atoms with Crippen LogP contribution in [0.5, 0.6) is 5.75 Å². The van der Waals surface area contributed by atoms with Gasteiger partial charge in [0.25, 0.3) is 0 Å². The third kappa shape index (κ3) is 7.73. The molecule has 0 spiro atoms. The number of ketones is 1. The number of benzene rings is 1. The molecule has 0 heterocycles. The molecule has 0 saturated carbocycles. The van der Waals surface area contributed by atoms with Crippen molar-refractivity contribution in [3.05, 3.63) is 29.8 Å². The standard InChI is InChI=1S/C17H25N3O4/c1-4-24-14-7-5-13(6-8-14)15(21)9-10-16(22)18-19-17(23)11-12-20(2)3/h5-8H,4,9-12H2,1-3H3,(H,18,22)(H,19,23). The van der Waals surface area contributed by atoms with E-state index in [1.54, 1.807) is 24.3 Å². The van der Waals surface area contributed by atoms with Gasteiger partial charge in [-0.05, 0) is 45.3 Å². The molecule has 2 N–H and O–H groups in total. The molecule has 1 aromatic carbocycles. The molecule has 0 fully saturated rings. The van der Waals surface area contributed by atoms with Gasteiger partial charge in [0.1, 0.15) is 5.75 Å². The van der Waals surface area contributed by atoms with Crippen LogP contribution in [0.2, 0.25) is 0 Å². The maximum atomic E-state index is 12.0. The van der Waals surface area contributed by atoms with Crippen molar-refractivity contribution in [3.63, 3.8) is 0 Å². The van der Waals surface area contributed by atoms with Gasteiger partial charge in [-0.15, -0.1) is 0 Å². The van der Waals surface area contributed by atoms with E-state index in [1.807, 2.05) is 25.9 Å². The average Bonchev–Trinajstić information content (AvgIpc) is 2.56. The lowest BCUT2D eigenvalue weighted by Gasteiger charge is -2.10. The van der Waals surface area contributed by atoms with Crippen LogP contribution in [0.25, 0.3) is 0 Å². The largest absolute Gasteiger partial charge is 0.494 e. The highest BCUT2D eigenvalue weighted by atomic mass is 16.5. The van der Waals surface area contributed by atoms with Crippen molar-refractivity contribution in [1.29, 1.82) is 0 Å². The van der Waals surface area contributed by atoms with Crippen molar-refractivity contribution in [1.82, 2.24) is 15.8 Å². The number of carbonyl (C=O) groups is 3. The minimum Gasteiger partial charge on any atom is -0.494 e. The first-order valence-corrected chi connectivity index (χ1v) is 7.90. The Kier molecular flexibility index (Phi) is 8.49. The number of hydrogen-bond acceptors (Lipinski definition) is 5. The number of amides is 2. The first-order chi connectivity index (χ1) is 11.4. The molecule has 0 aliphatic rings. The molecule has 0 aromatic heterocycles. The van der Waals surface area contributed by atoms with Crippen molar-refractivity contribution in [2.75, 3.05) is 27.2 Å². The summed E-state index contributed by atoms with van der Waals surface area (Å²) >= 11 is 0. The number of ether oxygens (including phenoxy) is 1. The first kappa shape index (κ1) is 19.6. The lowest BCUT2D eigenvalue weighted by atomic mass is 10.1. The third-order valence-corrected chi connectivity index (χ3v) is 3.19. The van der Waals surface area contributed by atoms with Crippen molar-refractivity contribution < 1.29 is 19.1 Å². The van der Waals surface area contributed by atoms with Crippen LogP contribution in [0.4, 0.5) is 0 Å².